The highest BCUT2D eigenvalue weighted by molar-refractivity contribution is 5.94. The van der Waals surface area contributed by atoms with Crippen LogP contribution in [0, 0.1) is 0 Å². The number of pyridine rings is 1. The molecule has 1 aliphatic rings. The number of likely N-dealkylation sites (N-methyl/N-ethyl adjacent to an activating group) is 1. The summed E-state index contributed by atoms with van der Waals surface area (Å²) in [7, 11) is 4.82. The Morgan fingerprint density at radius 1 is 1.18 bits per heavy atom. The van der Waals surface area contributed by atoms with E-state index >= 15 is 0 Å². The van der Waals surface area contributed by atoms with Gasteiger partial charge in [0.05, 0.1) is 32.6 Å². The molecule has 0 radical (unpaired) electrons. The Bertz CT molecular complexity index is 1220. The lowest BCUT2D eigenvalue weighted by molar-refractivity contribution is -0.131. The number of aromatic nitrogens is 3. The number of hydrogen-bond donors (Lipinski definition) is 2. The predicted octanol–water partition coefficient (Wildman–Crippen LogP) is 1.93. The first-order valence-corrected chi connectivity index (χ1v) is 12.1. The number of anilines is 1. The summed E-state index contributed by atoms with van der Waals surface area (Å²) in [5.74, 6) is 1.67. The summed E-state index contributed by atoms with van der Waals surface area (Å²) >= 11 is 0. The molecule has 1 saturated heterocycles. The van der Waals surface area contributed by atoms with Crippen LogP contribution in [0.1, 0.15) is 12.8 Å². The van der Waals surface area contributed by atoms with E-state index in [0.29, 0.717) is 37.1 Å². The summed E-state index contributed by atoms with van der Waals surface area (Å²) in [5, 5.41) is 6.90. The molecular formula is C26H33N5O7. The van der Waals surface area contributed by atoms with Gasteiger partial charge in [0.25, 0.3) is 5.91 Å². The number of nitrogens with zero attached hydrogens (tertiary/aromatic N) is 3. The fourth-order valence-corrected chi connectivity index (χ4v) is 3.42. The third-order valence-electron chi connectivity index (χ3n) is 5.57. The van der Waals surface area contributed by atoms with Crippen molar-refractivity contribution in [1.29, 1.82) is 0 Å². The van der Waals surface area contributed by atoms with Crippen molar-refractivity contribution in [1.82, 2.24) is 19.7 Å². The molecule has 2 aromatic heterocycles. The van der Waals surface area contributed by atoms with Crippen molar-refractivity contribution >= 4 is 17.5 Å². The van der Waals surface area contributed by atoms with Gasteiger partial charge < -0.3 is 34.1 Å². The normalized spacial score (nSPS) is 14.1. The van der Waals surface area contributed by atoms with Crippen molar-refractivity contribution < 1.29 is 28.5 Å². The molecule has 1 fully saturated rings. The zero-order chi connectivity index (χ0) is 27.3. The average Bonchev–Trinajstić information content (AvgIpc) is 3.62. The average molecular weight is 528 g/mol. The second-order valence-electron chi connectivity index (χ2n) is 8.35. The van der Waals surface area contributed by atoms with Crippen LogP contribution < -0.4 is 25.0 Å². The maximum Gasteiger partial charge on any atom is 0.253 e. The Labute approximate surface area is 220 Å². The summed E-state index contributed by atoms with van der Waals surface area (Å²) in [4.78, 5) is 39.3. The van der Waals surface area contributed by atoms with E-state index in [1.165, 1.54) is 30.1 Å². The Hall–Kier alpha value is -4.32. The van der Waals surface area contributed by atoms with E-state index < -0.39 is 6.10 Å². The second-order valence-corrected chi connectivity index (χ2v) is 8.35. The van der Waals surface area contributed by atoms with Gasteiger partial charge in [-0.15, -0.1) is 0 Å². The van der Waals surface area contributed by atoms with E-state index in [2.05, 4.69) is 15.4 Å². The van der Waals surface area contributed by atoms with Crippen LogP contribution in [0.5, 0.6) is 17.4 Å². The van der Waals surface area contributed by atoms with Gasteiger partial charge in [0.2, 0.25) is 5.91 Å². The van der Waals surface area contributed by atoms with Crippen LogP contribution in [-0.4, -0.2) is 78.6 Å². The molecule has 0 aliphatic carbocycles. The lowest BCUT2D eigenvalue weighted by atomic mass is 10.2. The number of carbonyl (C=O) groups is 2. The SMILES string of the molecule is COc1cc(=O)cc[nH]1.COc1ccc(OCCN(C)C(=O)Cn2cc(NC(=O)C3CCCO3)cn2)cc1. The molecule has 0 saturated carbocycles. The van der Waals surface area contributed by atoms with Crippen LogP contribution in [0.3, 0.4) is 0 Å². The summed E-state index contributed by atoms with van der Waals surface area (Å²) in [6.07, 6.45) is 5.90. The first-order valence-electron chi connectivity index (χ1n) is 12.1. The van der Waals surface area contributed by atoms with E-state index in [9.17, 15) is 14.4 Å². The minimum absolute atomic E-state index is 0.0504. The highest BCUT2D eigenvalue weighted by Crippen LogP contribution is 2.17. The van der Waals surface area contributed by atoms with Crippen LogP contribution in [0.4, 0.5) is 5.69 Å². The summed E-state index contributed by atoms with van der Waals surface area (Å²) in [5.41, 5.74) is 0.495. The highest BCUT2D eigenvalue weighted by atomic mass is 16.5. The van der Waals surface area contributed by atoms with Crippen molar-refractivity contribution in [2.24, 2.45) is 0 Å². The molecular weight excluding hydrogens is 494 g/mol. The quantitative estimate of drug-likeness (QED) is 0.408. The van der Waals surface area contributed by atoms with Gasteiger partial charge in [-0.05, 0) is 37.1 Å². The number of hydrogen-bond acceptors (Lipinski definition) is 8. The Balaban J connectivity index is 0.000000375. The molecule has 1 aliphatic heterocycles. The van der Waals surface area contributed by atoms with E-state index in [4.69, 9.17) is 18.9 Å². The number of amides is 2. The molecule has 1 aromatic carbocycles. The molecule has 1 unspecified atom stereocenters. The van der Waals surface area contributed by atoms with Crippen LogP contribution in [0.2, 0.25) is 0 Å². The first kappa shape index (κ1) is 28.3. The van der Waals surface area contributed by atoms with Crippen molar-refractivity contribution in [3.8, 4) is 17.4 Å². The van der Waals surface area contributed by atoms with Gasteiger partial charge in [-0.1, -0.05) is 0 Å². The van der Waals surface area contributed by atoms with Crippen molar-refractivity contribution in [2.75, 3.05) is 46.3 Å². The summed E-state index contributed by atoms with van der Waals surface area (Å²) < 4.78 is 22.3. The molecule has 1 atom stereocenters. The second kappa shape index (κ2) is 14.4. The van der Waals surface area contributed by atoms with Gasteiger partial charge in [-0.25, -0.2) is 0 Å². The minimum Gasteiger partial charge on any atom is -0.497 e. The number of benzene rings is 1. The Morgan fingerprint density at radius 3 is 2.58 bits per heavy atom. The molecule has 4 rings (SSSR count). The topological polar surface area (TPSA) is 137 Å². The fraction of sp³-hybridized carbons (Fsp3) is 0.385. The van der Waals surface area contributed by atoms with Crippen molar-refractivity contribution in [2.45, 2.75) is 25.5 Å². The lowest BCUT2D eigenvalue weighted by Crippen LogP contribution is -2.33. The summed E-state index contributed by atoms with van der Waals surface area (Å²) in [6, 6.07) is 10.1. The molecule has 0 spiro atoms. The number of methoxy groups -OCH3 is 2. The third kappa shape index (κ3) is 8.96. The van der Waals surface area contributed by atoms with Gasteiger partial charge in [0.1, 0.15) is 30.8 Å². The van der Waals surface area contributed by atoms with E-state index in [1.807, 2.05) is 24.3 Å². The minimum atomic E-state index is -0.406. The number of nitrogens with one attached hydrogen (secondary N) is 2. The van der Waals surface area contributed by atoms with E-state index in [1.54, 1.807) is 31.5 Å². The van der Waals surface area contributed by atoms with Gasteiger partial charge in [-0.3, -0.25) is 19.1 Å². The largest absolute Gasteiger partial charge is 0.497 e. The molecule has 0 bridgehead atoms. The van der Waals surface area contributed by atoms with Crippen LogP contribution in [0.25, 0.3) is 0 Å². The maximum atomic E-state index is 12.4. The van der Waals surface area contributed by atoms with Crippen molar-refractivity contribution in [3.63, 3.8) is 0 Å². The molecule has 12 nitrogen and oxygen atoms in total. The molecule has 12 heteroatoms. The lowest BCUT2D eigenvalue weighted by Gasteiger charge is -2.17. The molecule has 204 valence electrons. The zero-order valence-corrected chi connectivity index (χ0v) is 21.7. The third-order valence-corrected chi connectivity index (χ3v) is 5.57. The Morgan fingerprint density at radius 2 is 1.95 bits per heavy atom. The van der Waals surface area contributed by atoms with Gasteiger partial charge >= 0.3 is 0 Å². The maximum absolute atomic E-state index is 12.4. The smallest absolute Gasteiger partial charge is 0.253 e. The molecule has 2 N–H and O–H groups in total. The standard InChI is InChI=1S/C20H26N4O5.C6H7NO2/c1-23(9-11-28-17-7-5-16(27-2)6-8-17)19(25)14-24-13-15(12-21-24)22-20(26)18-4-3-10-29-18;1-9-6-4-5(8)2-3-7-6/h5-8,12-13,18H,3-4,9-11,14H2,1-2H3,(H,22,26);2-4H,1H3,(H,7,8). The molecule has 3 aromatic rings. The number of rotatable bonds is 10. The molecule has 38 heavy (non-hydrogen) atoms. The summed E-state index contributed by atoms with van der Waals surface area (Å²) in [6.45, 7) is 1.50. The van der Waals surface area contributed by atoms with Crippen LogP contribution in [0.15, 0.2) is 59.8 Å². The zero-order valence-electron chi connectivity index (χ0n) is 21.7. The first-order chi connectivity index (χ1) is 18.4. The number of H-pyrrole nitrogens is 1. The fourth-order valence-electron chi connectivity index (χ4n) is 3.42. The highest BCUT2D eigenvalue weighted by Gasteiger charge is 2.24. The van der Waals surface area contributed by atoms with E-state index in [-0.39, 0.29) is 23.8 Å². The van der Waals surface area contributed by atoms with Crippen molar-refractivity contribution in [3.05, 3.63) is 65.2 Å². The number of ether oxygens (including phenoxy) is 4. The van der Waals surface area contributed by atoms with Crippen LogP contribution in [-0.2, 0) is 20.9 Å². The number of aromatic amines is 1. The predicted molar refractivity (Wildman–Crippen MR) is 140 cm³/mol. The van der Waals surface area contributed by atoms with Crippen LogP contribution >= 0.6 is 0 Å². The van der Waals surface area contributed by atoms with Gasteiger partial charge in [-0.2, -0.15) is 5.10 Å². The van der Waals surface area contributed by atoms with E-state index in [0.717, 1.165) is 18.6 Å². The monoisotopic (exact) mass is 527 g/mol. The van der Waals surface area contributed by atoms with Gasteiger partial charge in [0, 0.05) is 38.2 Å². The molecule has 2 amide bonds. The van der Waals surface area contributed by atoms with Gasteiger partial charge in [0.15, 0.2) is 11.3 Å². The molecule has 3 heterocycles. The number of carbonyl (C=O) groups excluding carboxylic acids is 2. The Kier molecular flexibility index (Phi) is 10.7.